The summed E-state index contributed by atoms with van der Waals surface area (Å²) in [6, 6.07) is -0.436. The van der Waals surface area contributed by atoms with Crippen molar-refractivity contribution in [1.29, 1.82) is 0 Å². The van der Waals surface area contributed by atoms with E-state index in [1.54, 1.807) is 12.0 Å². The first-order chi connectivity index (χ1) is 7.97. The minimum absolute atomic E-state index is 0.345. The van der Waals surface area contributed by atoms with E-state index in [9.17, 15) is 9.59 Å². The summed E-state index contributed by atoms with van der Waals surface area (Å²) < 4.78 is 5.35. The lowest BCUT2D eigenvalue weighted by Gasteiger charge is -2.39. The van der Waals surface area contributed by atoms with Gasteiger partial charge in [-0.05, 0) is 19.8 Å². The van der Waals surface area contributed by atoms with E-state index < -0.39 is 18.6 Å². The number of carboxylic acids is 1. The van der Waals surface area contributed by atoms with Crippen molar-refractivity contribution in [2.45, 2.75) is 25.4 Å². The summed E-state index contributed by atoms with van der Waals surface area (Å²) in [5.41, 5.74) is 1.75. The van der Waals surface area contributed by atoms with Gasteiger partial charge in [-0.3, -0.25) is 4.84 Å². The molecule has 2 N–H and O–H groups in total. The van der Waals surface area contributed by atoms with E-state index in [0.717, 1.165) is 12.8 Å². The highest BCUT2D eigenvalue weighted by Gasteiger charge is 2.33. The van der Waals surface area contributed by atoms with Gasteiger partial charge in [0.25, 0.3) is 0 Å². The molecule has 0 aliphatic carbocycles. The van der Waals surface area contributed by atoms with Crippen molar-refractivity contribution in [3.8, 4) is 0 Å². The monoisotopic (exact) mass is 246 g/mol. The largest absolute Gasteiger partial charge is 0.479 e. The molecule has 1 atom stereocenters. The highest BCUT2D eigenvalue weighted by atomic mass is 16.7. The summed E-state index contributed by atoms with van der Waals surface area (Å²) in [6.45, 7) is 2.46. The van der Waals surface area contributed by atoms with E-state index in [4.69, 9.17) is 9.84 Å². The van der Waals surface area contributed by atoms with Crippen molar-refractivity contribution in [2.24, 2.45) is 0 Å². The van der Waals surface area contributed by atoms with E-state index in [2.05, 4.69) is 10.3 Å². The van der Waals surface area contributed by atoms with Crippen molar-refractivity contribution in [3.05, 3.63) is 0 Å². The lowest BCUT2D eigenvalue weighted by atomic mass is 9.95. The molecule has 0 spiro atoms. The highest BCUT2D eigenvalue weighted by molar-refractivity contribution is 5.74. The van der Waals surface area contributed by atoms with E-state index in [-0.39, 0.29) is 5.60 Å². The molecule has 0 bridgehead atoms. The molecule has 7 nitrogen and oxygen atoms in total. The maximum absolute atomic E-state index is 11.6. The van der Waals surface area contributed by atoms with Gasteiger partial charge in [-0.15, -0.1) is 0 Å². The SMILES string of the molecule is COC1(C)CCCN(C(=O)NOCC(=O)O)C1. The fraction of sp³-hybridized carbons (Fsp3) is 0.800. The minimum atomic E-state index is -1.13. The molecule has 1 saturated heterocycles. The van der Waals surface area contributed by atoms with Crippen LogP contribution in [-0.4, -0.2) is 54.4 Å². The van der Waals surface area contributed by atoms with Gasteiger partial charge in [-0.25, -0.2) is 15.1 Å². The predicted molar refractivity (Wildman–Crippen MR) is 58.3 cm³/mol. The third-order valence-electron chi connectivity index (χ3n) is 2.79. The smallest absolute Gasteiger partial charge is 0.341 e. The number of hydroxylamine groups is 1. The van der Waals surface area contributed by atoms with Crippen LogP contribution in [0.2, 0.25) is 0 Å². The second-order valence-electron chi connectivity index (χ2n) is 4.27. The molecule has 1 aliphatic rings. The third kappa shape index (κ3) is 4.20. The van der Waals surface area contributed by atoms with E-state index in [0.29, 0.717) is 13.1 Å². The van der Waals surface area contributed by atoms with E-state index >= 15 is 0 Å². The number of amides is 2. The Morgan fingerprint density at radius 2 is 2.24 bits per heavy atom. The Hall–Kier alpha value is -1.34. The van der Waals surface area contributed by atoms with E-state index in [1.807, 2.05) is 6.92 Å². The maximum atomic E-state index is 11.6. The predicted octanol–water partition coefficient (Wildman–Crippen LogP) is 0.213. The van der Waals surface area contributed by atoms with Crippen LogP contribution < -0.4 is 5.48 Å². The Morgan fingerprint density at radius 1 is 1.53 bits per heavy atom. The minimum Gasteiger partial charge on any atom is -0.479 e. The van der Waals surface area contributed by atoms with E-state index in [1.165, 1.54) is 0 Å². The Bertz CT molecular complexity index is 296. The summed E-state index contributed by atoms with van der Waals surface area (Å²) in [5.74, 6) is -1.13. The van der Waals surface area contributed by atoms with Gasteiger partial charge in [0.1, 0.15) is 0 Å². The molecular formula is C10H18N2O5. The highest BCUT2D eigenvalue weighted by Crippen LogP contribution is 2.23. The van der Waals surface area contributed by atoms with Crippen LogP contribution in [0.25, 0.3) is 0 Å². The molecule has 1 rings (SSSR count). The average Bonchev–Trinajstić information content (AvgIpc) is 2.28. The molecule has 0 aromatic rings. The number of methoxy groups -OCH3 is 1. The van der Waals surface area contributed by atoms with Gasteiger partial charge in [0, 0.05) is 13.7 Å². The summed E-state index contributed by atoms with van der Waals surface area (Å²) in [5, 5.41) is 8.35. The number of likely N-dealkylation sites (tertiary alicyclic amines) is 1. The third-order valence-corrected chi connectivity index (χ3v) is 2.79. The molecule has 0 aromatic heterocycles. The van der Waals surface area contributed by atoms with Crippen molar-refractivity contribution < 1.29 is 24.3 Å². The molecule has 1 heterocycles. The molecule has 1 unspecified atom stereocenters. The fourth-order valence-corrected chi connectivity index (χ4v) is 1.77. The standard InChI is InChI=1S/C10H18N2O5/c1-10(16-2)4-3-5-12(7-10)9(15)11-17-6-8(13)14/h3-7H2,1-2H3,(H,11,15)(H,13,14). The number of nitrogens with zero attached hydrogens (tertiary/aromatic N) is 1. The number of rotatable bonds is 4. The molecule has 1 fully saturated rings. The molecule has 0 aromatic carbocycles. The van der Waals surface area contributed by atoms with Gasteiger partial charge in [-0.1, -0.05) is 0 Å². The maximum Gasteiger partial charge on any atom is 0.341 e. The molecule has 7 heteroatoms. The Morgan fingerprint density at radius 3 is 2.82 bits per heavy atom. The normalized spacial score (nSPS) is 24.5. The molecule has 2 amide bonds. The van der Waals surface area contributed by atoms with Crippen LogP contribution in [0.1, 0.15) is 19.8 Å². The molecule has 98 valence electrons. The number of urea groups is 1. The van der Waals surface area contributed by atoms with Gasteiger partial charge >= 0.3 is 12.0 Å². The first-order valence-electron chi connectivity index (χ1n) is 5.40. The van der Waals surface area contributed by atoms with Gasteiger partial charge in [0.2, 0.25) is 0 Å². The first-order valence-corrected chi connectivity index (χ1v) is 5.40. The van der Waals surface area contributed by atoms with Gasteiger partial charge in [-0.2, -0.15) is 0 Å². The molecule has 0 saturated carbocycles. The molecule has 1 aliphatic heterocycles. The topological polar surface area (TPSA) is 88.1 Å². The first kappa shape index (κ1) is 13.7. The second kappa shape index (κ2) is 5.83. The van der Waals surface area contributed by atoms with Crippen molar-refractivity contribution in [3.63, 3.8) is 0 Å². The molecule has 17 heavy (non-hydrogen) atoms. The number of aliphatic carboxylic acids is 1. The van der Waals surface area contributed by atoms with Crippen LogP contribution >= 0.6 is 0 Å². The van der Waals surface area contributed by atoms with Gasteiger partial charge < -0.3 is 14.7 Å². The van der Waals surface area contributed by atoms with Crippen LogP contribution in [0, 0.1) is 0 Å². The zero-order valence-electron chi connectivity index (χ0n) is 10.1. The zero-order valence-corrected chi connectivity index (χ0v) is 10.1. The fourth-order valence-electron chi connectivity index (χ4n) is 1.77. The van der Waals surface area contributed by atoms with Crippen molar-refractivity contribution in [1.82, 2.24) is 10.4 Å². The molecule has 0 radical (unpaired) electrons. The number of carboxylic acid groups (broad SMARTS) is 1. The summed E-state index contributed by atoms with van der Waals surface area (Å²) >= 11 is 0. The van der Waals surface area contributed by atoms with Crippen LogP contribution in [-0.2, 0) is 14.4 Å². The second-order valence-corrected chi connectivity index (χ2v) is 4.27. The summed E-state index contributed by atoms with van der Waals surface area (Å²) in [6.07, 6.45) is 1.74. The zero-order chi connectivity index (χ0) is 12.9. The average molecular weight is 246 g/mol. The number of carbonyl (C=O) groups is 2. The van der Waals surface area contributed by atoms with Crippen LogP contribution in [0.4, 0.5) is 4.79 Å². The lowest BCUT2D eigenvalue weighted by molar-refractivity contribution is -0.144. The van der Waals surface area contributed by atoms with Crippen molar-refractivity contribution >= 4 is 12.0 Å². The quantitative estimate of drug-likeness (QED) is 0.692. The lowest BCUT2D eigenvalue weighted by Crippen LogP contribution is -2.52. The summed E-state index contributed by atoms with van der Waals surface area (Å²) in [4.78, 5) is 27.9. The summed E-state index contributed by atoms with van der Waals surface area (Å²) in [7, 11) is 1.61. The number of nitrogens with one attached hydrogen (secondary N) is 1. The van der Waals surface area contributed by atoms with Gasteiger partial charge in [0.15, 0.2) is 6.61 Å². The Kier molecular flexibility index (Phi) is 4.71. The number of piperidine rings is 1. The number of hydrogen-bond donors (Lipinski definition) is 2. The van der Waals surface area contributed by atoms with Crippen molar-refractivity contribution in [2.75, 3.05) is 26.8 Å². The Balaban J connectivity index is 2.38. The number of carbonyl (C=O) groups excluding carboxylic acids is 1. The Labute approximate surface area is 99.6 Å². The number of ether oxygens (including phenoxy) is 1. The molecular weight excluding hydrogens is 228 g/mol. The number of hydrogen-bond acceptors (Lipinski definition) is 4. The van der Waals surface area contributed by atoms with Gasteiger partial charge in [0.05, 0.1) is 12.1 Å². The van der Waals surface area contributed by atoms with Crippen LogP contribution in [0.5, 0.6) is 0 Å². The van der Waals surface area contributed by atoms with Crippen LogP contribution in [0.15, 0.2) is 0 Å². The van der Waals surface area contributed by atoms with Crippen LogP contribution in [0.3, 0.4) is 0 Å².